The first-order chi connectivity index (χ1) is 6.06. The molecule has 0 aromatic heterocycles. The van der Waals surface area contributed by atoms with Crippen molar-refractivity contribution < 1.29 is 4.74 Å². The predicted octanol–water partition coefficient (Wildman–Crippen LogP) is 2.34. The third-order valence-corrected chi connectivity index (χ3v) is 2.08. The van der Waals surface area contributed by atoms with E-state index in [0.717, 1.165) is 12.8 Å². The Bertz CT molecular complexity index is 143. The van der Waals surface area contributed by atoms with E-state index in [0.29, 0.717) is 12.0 Å². The van der Waals surface area contributed by atoms with Gasteiger partial charge in [-0.25, -0.2) is 0 Å². The lowest BCUT2D eigenvalue weighted by Crippen LogP contribution is -2.13. The zero-order chi connectivity index (χ0) is 10.3. The summed E-state index contributed by atoms with van der Waals surface area (Å²) >= 11 is 0. The molecule has 0 spiro atoms. The summed E-state index contributed by atoms with van der Waals surface area (Å²) in [6.07, 6.45) is 6.77. The molecule has 0 aromatic carbocycles. The minimum Gasteiger partial charge on any atom is -0.382 e. The Kier molecular flexibility index (Phi) is 6.92. The lowest BCUT2D eigenvalue weighted by atomic mass is 10.0. The Labute approximate surface area is 82.2 Å². The van der Waals surface area contributed by atoms with Crippen molar-refractivity contribution in [3.63, 3.8) is 0 Å². The SMILES string of the molecule is COC(C)CC(C)/C=C\CC(C)N. The highest BCUT2D eigenvalue weighted by atomic mass is 16.5. The molecule has 2 N–H and O–H groups in total. The standard InChI is InChI=1S/C11H23NO/c1-9(8-11(3)13-4)6-5-7-10(2)12/h5-6,9-11H,7-8,12H2,1-4H3/b6-5-. The maximum atomic E-state index is 5.63. The van der Waals surface area contributed by atoms with Crippen molar-refractivity contribution in [1.29, 1.82) is 0 Å². The molecule has 78 valence electrons. The third kappa shape index (κ3) is 8.00. The number of hydrogen-bond acceptors (Lipinski definition) is 2. The highest BCUT2D eigenvalue weighted by molar-refractivity contribution is 4.88. The van der Waals surface area contributed by atoms with Crippen LogP contribution in [-0.4, -0.2) is 19.3 Å². The van der Waals surface area contributed by atoms with Crippen LogP contribution in [-0.2, 0) is 4.74 Å². The zero-order valence-electron chi connectivity index (χ0n) is 9.29. The van der Waals surface area contributed by atoms with Crippen LogP contribution in [0.15, 0.2) is 12.2 Å². The number of ether oxygens (including phenoxy) is 1. The Morgan fingerprint density at radius 3 is 2.38 bits per heavy atom. The van der Waals surface area contributed by atoms with E-state index in [9.17, 15) is 0 Å². The summed E-state index contributed by atoms with van der Waals surface area (Å²) in [5, 5.41) is 0. The summed E-state index contributed by atoms with van der Waals surface area (Å²) in [7, 11) is 1.75. The van der Waals surface area contributed by atoms with Crippen molar-refractivity contribution >= 4 is 0 Å². The van der Waals surface area contributed by atoms with Crippen molar-refractivity contribution in [3.8, 4) is 0 Å². The van der Waals surface area contributed by atoms with Gasteiger partial charge in [-0.15, -0.1) is 0 Å². The summed E-state index contributed by atoms with van der Waals surface area (Å²) in [5.41, 5.74) is 5.63. The first-order valence-corrected chi connectivity index (χ1v) is 5.01. The van der Waals surface area contributed by atoms with E-state index >= 15 is 0 Å². The first-order valence-electron chi connectivity index (χ1n) is 5.01. The van der Waals surface area contributed by atoms with Crippen molar-refractivity contribution in [2.24, 2.45) is 11.7 Å². The van der Waals surface area contributed by atoms with Crippen LogP contribution in [0.25, 0.3) is 0 Å². The van der Waals surface area contributed by atoms with E-state index in [1.807, 2.05) is 6.92 Å². The molecule has 0 aliphatic rings. The molecule has 0 aromatic rings. The smallest absolute Gasteiger partial charge is 0.0548 e. The van der Waals surface area contributed by atoms with Gasteiger partial charge in [0.2, 0.25) is 0 Å². The quantitative estimate of drug-likeness (QED) is 0.645. The van der Waals surface area contributed by atoms with Gasteiger partial charge in [0.1, 0.15) is 0 Å². The lowest BCUT2D eigenvalue weighted by molar-refractivity contribution is 0.103. The van der Waals surface area contributed by atoms with E-state index in [2.05, 4.69) is 26.0 Å². The van der Waals surface area contributed by atoms with Crippen LogP contribution in [0.1, 0.15) is 33.6 Å². The minimum atomic E-state index is 0.267. The van der Waals surface area contributed by atoms with Gasteiger partial charge in [0, 0.05) is 13.2 Å². The molecule has 2 heteroatoms. The average Bonchev–Trinajstić information content (AvgIpc) is 2.03. The second kappa shape index (κ2) is 7.10. The molecule has 0 fully saturated rings. The fourth-order valence-electron chi connectivity index (χ4n) is 1.22. The number of allylic oxidation sites excluding steroid dienone is 1. The fourth-order valence-corrected chi connectivity index (χ4v) is 1.22. The Morgan fingerprint density at radius 1 is 1.31 bits per heavy atom. The molecule has 0 bridgehead atoms. The molecule has 13 heavy (non-hydrogen) atoms. The Balaban J connectivity index is 3.60. The monoisotopic (exact) mass is 185 g/mol. The molecule has 0 saturated carbocycles. The topological polar surface area (TPSA) is 35.2 Å². The maximum Gasteiger partial charge on any atom is 0.0548 e. The van der Waals surface area contributed by atoms with Crippen LogP contribution < -0.4 is 5.73 Å². The summed E-state index contributed by atoms with van der Waals surface area (Å²) in [6, 6.07) is 0.267. The molecule has 0 aliphatic heterocycles. The third-order valence-electron chi connectivity index (χ3n) is 2.08. The highest BCUT2D eigenvalue weighted by Gasteiger charge is 2.03. The van der Waals surface area contributed by atoms with Crippen LogP contribution in [0.3, 0.4) is 0 Å². The number of methoxy groups -OCH3 is 1. The normalized spacial score (nSPS) is 18.8. The molecule has 3 atom stereocenters. The first kappa shape index (κ1) is 12.7. The van der Waals surface area contributed by atoms with E-state index in [-0.39, 0.29) is 6.04 Å². The number of rotatable bonds is 6. The van der Waals surface area contributed by atoms with Gasteiger partial charge in [0.25, 0.3) is 0 Å². The van der Waals surface area contributed by atoms with Crippen molar-refractivity contribution in [2.75, 3.05) is 7.11 Å². The Morgan fingerprint density at radius 2 is 1.92 bits per heavy atom. The Hall–Kier alpha value is -0.340. The van der Waals surface area contributed by atoms with E-state index < -0.39 is 0 Å². The number of nitrogens with two attached hydrogens (primary N) is 1. The van der Waals surface area contributed by atoms with Crippen LogP contribution >= 0.6 is 0 Å². The second-order valence-electron chi connectivity index (χ2n) is 3.90. The molecule has 0 rings (SSSR count). The largest absolute Gasteiger partial charge is 0.382 e. The van der Waals surface area contributed by atoms with Crippen LogP contribution in [0.4, 0.5) is 0 Å². The molecule has 0 radical (unpaired) electrons. The second-order valence-corrected chi connectivity index (χ2v) is 3.90. The van der Waals surface area contributed by atoms with Crippen LogP contribution in [0.2, 0.25) is 0 Å². The molecule has 3 unspecified atom stereocenters. The molecular weight excluding hydrogens is 162 g/mol. The molecule has 0 aliphatic carbocycles. The van der Waals surface area contributed by atoms with Gasteiger partial charge in [-0.05, 0) is 32.6 Å². The van der Waals surface area contributed by atoms with Gasteiger partial charge in [-0.2, -0.15) is 0 Å². The zero-order valence-corrected chi connectivity index (χ0v) is 9.29. The van der Waals surface area contributed by atoms with Crippen molar-refractivity contribution in [2.45, 2.75) is 45.8 Å². The van der Waals surface area contributed by atoms with Gasteiger partial charge in [0.15, 0.2) is 0 Å². The van der Waals surface area contributed by atoms with Crippen molar-refractivity contribution in [3.05, 3.63) is 12.2 Å². The van der Waals surface area contributed by atoms with Gasteiger partial charge in [0.05, 0.1) is 6.10 Å². The lowest BCUT2D eigenvalue weighted by Gasteiger charge is -2.12. The van der Waals surface area contributed by atoms with Gasteiger partial charge < -0.3 is 10.5 Å². The fraction of sp³-hybridized carbons (Fsp3) is 0.818. The summed E-state index contributed by atoms with van der Waals surface area (Å²) in [5.74, 6) is 0.577. The molecule has 2 nitrogen and oxygen atoms in total. The van der Waals surface area contributed by atoms with Gasteiger partial charge >= 0.3 is 0 Å². The summed E-state index contributed by atoms with van der Waals surface area (Å²) in [4.78, 5) is 0. The summed E-state index contributed by atoms with van der Waals surface area (Å²) < 4.78 is 5.19. The predicted molar refractivity (Wildman–Crippen MR) is 57.7 cm³/mol. The van der Waals surface area contributed by atoms with Gasteiger partial charge in [-0.1, -0.05) is 19.1 Å². The summed E-state index contributed by atoms with van der Waals surface area (Å²) in [6.45, 7) is 6.32. The minimum absolute atomic E-state index is 0.267. The molecule has 0 amide bonds. The highest BCUT2D eigenvalue weighted by Crippen LogP contribution is 2.09. The van der Waals surface area contributed by atoms with E-state index in [1.165, 1.54) is 0 Å². The molecular formula is C11H23NO. The van der Waals surface area contributed by atoms with Gasteiger partial charge in [-0.3, -0.25) is 0 Å². The van der Waals surface area contributed by atoms with E-state index in [4.69, 9.17) is 10.5 Å². The van der Waals surface area contributed by atoms with Crippen LogP contribution in [0.5, 0.6) is 0 Å². The number of hydrogen-bond donors (Lipinski definition) is 1. The van der Waals surface area contributed by atoms with E-state index in [1.54, 1.807) is 7.11 Å². The van der Waals surface area contributed by atoms with Crippen LogP contribution in [0, 0.1) is 5.92 Å². The molecule has 0 saturated heterocycles. The molecule has 0 heterocycles. The average molecular weight is 185 g/mol. The van der Waals surface area contributed by atoms with Crippen molar-refractivity contribution in [1.82, 2.24) is 0 Å². The maximum absolute atomic E-state index is 5.63.